The molecular formula is C11H17NO5. The molecule has 0 saturated carbocycles. The van der Waals surface area contributed by atoms with Crippen LogP contribution in [0.2, 0.25) is 0 Å². The van der Waals surface area contributed by atoms with Crippen molar-refractivity contribution in [2.45, 2.75) is 43.8 Å². The number of carbonyl (C=O) groups excluding carboxylic acids is 1. The minimum atomic E-state index is -1.26. The molecule has 0 bridgehead atoms. The molecule has 4 N–H and O–H groups in total. The Bertz CT molecular complexity index is 313. The summed E-state index contributed by atoms with van der Waals surface area (Å²) >= 11 is 0. The summed E-state index contributed by atoms with van der Waals surface area (Å²) in [6, 6.07) is -0.777. The minimum absolute atomic E-state index is 0.172. The topological polar surface area (TPSA) is 99.0 Å². The van der Waals surface area contributed by atoms with E-state index in [1.165, 1.54) is 6.92 Å². The molecule has 17 heavy (non-hydrogen) atoms. The number of ether oxygens (including phenoxy) is 1. The van der Waals surface area contributed by atoms with Crippen LogP contribution in [0.3, 0.4) is 0 Å². The Morgan fingerprint density at radius 3 is 2.53 bits per heavy atom. The predicted octanol–water partition coefficient (Wildman–Crippen LogP) is -2.00. The van der Waals surface area contributed by atoms with Gasteiger partial charge in [0, 0.05) is 13.3 Å². The smallest absolute Gasteiger partial charge is 0.217 e. The molecule has 1 saturated heterocycles. The average molecular weight is 243 g/mol. The molecule has 6 heteroatoms. The highest BCUT2D eigenvalue weighted by Crippen LogP contribution is 2.22. The minimum Gasteiger partial charge on any atom is -0.394 e. The standard InChI is InChI=1S/C11H17NO5/c1-3-4-7-9(12-6(2)14)11(16)10(15)8(5-13)17-7/h1,7-11,13,15-16H,4-5H2,2H3,(H,12,14)/t7-,8+,9-,10-,11+/m0/s1. The van der Waals surface area contributed by atoms with E-state index in [2.05, 4.69) is 11.2 Å². The number of aliphatic hydroxyl groups is 3. The van der Waals surface area contributed by atoms with Crippen molar-refractivity contribution in [2.24, 2.45) is 0 Å². The van der Waals surface area contributed by atoms with Crippen molar-refractivity contribution in [3.8, 4) is 12.3 Å². The number of carbonyl (C=O) groups is 1. The van der Waals surface area contributed by atoms with Crippen LogP contribution < -0.4 is 5.32 Å². The molecule has 5 atom stereocenters. The lowest BCUT2D eigenvalue weighted by Gasteiger charge is -2.42. The number of terminal acetylenes is 1. The van der Waals surface area contributed by atoms with Crippen molar-refractivity contribution < 1.29 is 24.9 Å². The van der Waals surface area contributed by atoms with Crippen LogP contribution in [-0.4, -0.2) is 58.3 Å². The van der Waals surface area contributed by atoms with Crippen LogP contribution in [0.25, 0.3) is 0 Å². The van der Waals surface area contributed by atoms with Crippen LogP contribution in [-0.2, 0) is 9.53 Å². The Balaban J connectivity index is 2.83. The molecule has 1 aliphatic rings. The van der Waals surface area contributed by atoms with Crippen molar-refractivity contribution in [3.63, 3.8) is 0 Å². The molecule has 0 radical (unpaired) electrons. The quantitative estimate of drug-likeness (QED) is 0.430. The average Bonchev–Trinajstić information content (AvgIpc) is 2.28. The van der Waals surface area contributed by atoms with Crippen molar-refractivity contribution in [2.75, 3.05) is 6.61 Å². The number of nitrogens with one attached hydrogen (secondary N) is 1. The Hall–Kier alpha value is -1.13. The highest BCUT2D eigenvalue weighted by Gasteiger charge is 2.44. The third-order valence-electron chi connectivity index (χ3n) is 2.72. The lowest BCUT2D eigenvalue weighted by Crippen LogP contribution is -2.63. The van der Waals surface area contributed by atoms with Gasteiger partial charge in [0.2, 0.25) is 5.91 Å². The van der Waals surface area contributed by atoms with Crippen LogP contribution in [0.15, 0.2) is 0 Å². The van der Waals surface area contributed by atoms with Crippen molar-refractivity contribution in [3.05, 3.63) is 0 Å². The van der Waals surface area contributed by atoms with Gasteiger partial charge in [-0.05, 0) is 0 Å². The summed E-state index contributed by atoms with van der Waals surface area (Å²) in [5.41, 5.74) is 0. The maximum atomic E-state index is 11.0. The van der Waals surface area contributed by atoms with Gasteiger partial charge in [0.05, 0.1) is 18.8 Å². The van der Waals surface area contributed by atoms with Crippen LogP contribution >= 0.6 is 0 Å². The SMILES string of the molecule is C#CC[C@@H]1O[C@H](CO)[C@H](O)[C@H](O)[C@H]1NC(C)=O. The van der Waals surface area contributed by atoms with Crippen LogP contribution in [0.5, 0.6) is 0 Å². The fourth-order valence-electron chi connectivity index (χ4n) is 1.90. The number of rotatable bonds is 3. The molecular weight excluding hydrogens is 226 g/mol. The first-order valence-electron chi connectivity index (χ1n) is 5.34. The Labute approximate surface area is 99.6 Å². The van der Waals surface area contributed by atoms with Gasteiger partial charge in [0.15, 0.2) is 0 Å². The van der Waals surface area contributed by atoms with Crippen molar-refractivity contribution in [1.29, 1.82) is 0 Å². The predicted molar refractivity (Wildman–Crippen MR) is 58.8 cm³/mol. The molecule has 0 aromatic rings. The second kappa shape index (κ2) is 5.98. The van der Waals surface area contributed by atoms with E-state index >= 15 is 0 Å². The molecule has 0 unspecified atom stereocenters. The van der Waals surface area contributed by atoms with Gasteiger partial charge in [0.25, 0.3) is 0 Å². The maximum Gasteiger partial charge on any atom is 0.217 e. The highest BCUT2D eigenvalue weighted by molar-refractivity contribution is 5.73. The van der Waals surface area contributed by atoms with E-state index in [1.54, 1.807) is 0 Å². The molecule has 1 aliphatic heterocycles. The van der Waals surface area contributed by atoms with Gasteiger partial charge in [-0.25, -0.2) is 0 Å². The Morgan fingerprint density at radius 2 is 2.06 bits per heavy atom. The van der Waals surface area contributed by atoms with Crippen LogP contribution in [0.4, 0.5) is 0 Å². The van der Waals surface area contributed by atoms with E-state index < -0.39 is 37.1 Å². The Kier molecular flexibility index (Phi) is 4.90. The zero-order valence-electron chi connectivity index (χ0n) is 9.54. The highest BCUT2D eigenvalue weighted by atomic mass is 16.5. The zero-order chi connectivity index (χ0) is 13.0. The van der Waals surface area contributed by atoms with Gasteiger partial charge >= 0.3 is 0 Å². The van der Waals surface area contributed by atoms with Gasteiger partial charge in [0.1, 0.15) is 18.3 Å². The van der Waals surface area contributed by atoms with E-state index in [1.807, 2.05) is 0 Å². The van der Waals surface area contributed by atoms with E-state index in [0.717, 1.165) is 0 Å². The van der Waals surface area contributed by atoms with Gasteiger partial charge < -0.3 is 25.4 Å². The number of amides is 1. The second-order valence-corrected chi connectivity index (χ2v) is 4.01. The van der Waals surface area contributed by atoms with Crippen LogP contribution in [0, 0.1) is 12.3 Å². The fourth-order valence-corrected chi connectivity index (χ4v) is 1.90. The fraction of sp³-hybridized carbons (Fsp3) is 0.727. The van der Waals surface area contributed by atoms with Crippen molar-refractivity contribution >= 4 is 5.91 Å². The van der Waals surface area contributed by atoms with Crippen molar-refractivity contribution in [1.82, 2.24) is 5.32 Å². The molecule has 1 rings (SSSR count). The first-order chi connectivity index (χ1) is 8.01. The lowest BCUT2D eigenvalue weighted by molar-refractivity contribution is -0.193. The van der Waals surface area contributed by atoms with Gasteiger partial charge in [-0.2, -0.15) is 0 Å². The zero-order valence-corrected chi connectivity index (χ0v) is 9.54. The molecule has 96 valence electrons. The first-order valence-corrected chi connectivity index (χ1v) is 5.34. The Morgan fingerprint density at radius 1 is 1.41 bits per heavy atom. The third kappa shape index (κ3) is 3.17. The second-order valence-electron chi connectivity index (χ2n) is 4.01. The van der Waals surface area contributed by atoms with E-state index in [0.29, 0.717) is 0 Å². The summed E-state index contributed by atoms with van der Waals surface area (Å²) in [6.07, 6.45) is 1.34. The molecule has 0 aromatic heterocycles. The summed E-state index contributed by atoms with van der Waals surface area (Å²) in [5, 5.41) is 31.0. The van der Waals surface area contributed by atoms with Crippen LogP contribution in [0.1, 0.15) is 13.3 Å². The van der Waals surface area contributed by atoms with Gasteiger partial charge in [-0.1, -0.05) is 0 Å². The largest absolute Gasteiger partial charge is 0.394 e. The van der Waals surface area contributed by atoms with E-state index in [-0.39, 0.29) is 12.3 Å². The molecule has 0 aromatic carbocycles. The number of aliphatic hydroxyl groups excluding tert-OH is 3. The molecule has 1 fully saturated rings. The monoisotopic (exact) mass is 243 g/mol. The van der Waals surface area contributed by atoms with E-state index in [4.69, 9.17) is 16.3 Å². The third-order valence-corrected chi connectivity index (χ3v) is 2.72. The number of hydrogen-bond acceptors (Lipinski definition) is 5. The normalized spacial score (nSPS) is 37.2. The molecule has 1 amide bonds. The summed E-state index contributed by atoms with van der Waals surface area (Å²) in [4.78, 5) is 11.0. The maximum absolute atomic E-state index is 11.0. The molecule has 6 nitrogen and oxygen atoms in total. The van der Waals surface area contributed by atoms with Gasteiger partial charge in [-0.3, -0.25) is 4.79 Å². The lowest BCUT2D eigenvalue weighted by atomic mass is 9.91. The molecule has 0 spiro atoms. The van der Waals surface area contributed by atoms with Gasteiger partial charge in [-0.15, -0.1) is 12.3 Å². The van der Waals surface area contributed by atoms with E-state index in [9.17, 15) is 15.0 Å². The number of hydrogen-bond donors (Lipinski definition) is 4. The molecule has 1 heterocycles. The summed E-state index contributed by atoms with van der Waals surface area (Å²) in [6.45, 7) is 0.871. The summed E-state index contributed by atoms with van der Waals surface area (Å²) in [5.74, 6) is 2.02. The summed E-state index contributed by atoms with van der Waals surface area (Å²) < 4.78 is 5.35. The molecule has 0 aliphatic carbocycles. The first kappa shape index (κ1) is 13.9. The summed E-state index contributed by atoms with van der Waals surface area (Å²) in [7, 11) is 0.